The first-order chi connectivity index (χ1) is 11.5. The minimum Gasteiger partial charge on any atom is -0.328 e. The standard InChI is InChI=1S/C19H20N4O/c1-12-10-14(3)22-23-18(12)17(16-8-6-5-7-9-16)21-19(23)20-13(2)11-15(4)24/h5-11H,1-4H3,(H,20,21)/b13-11+. The minimum atomic E-state index is -0.00975. The number of fused-ring (bicyclic) bond motifs is 1. The molecule has 3 aromatic rings. The first kappa shape index (κ1) is 15.9. The molecule has 3 rings (SSSR count). The molecule has 0 aliphatic heterocycles. The highest BCUT2D eigenvalue weighted by atomic mass is 16.1. The number of allylic oxidation sites excluding steroid dienone is 2. The molecule has 1 N–H and O–H groups in total. The number of aromatic nitrogens is 3. The van der Waals surface area contributed by atoms with Gasteiger partial charge in [0.25, 0.3) is 0 Å². The zero-order chi connectivity index (χ0) is 17.3. The minimum absolute atomic E-state index is 0.00975. The van der Waals surface area contributed by atoms with Crippen molar-refractivity contribution in [1.29, 1.82) is 0 Å². The summed E-state index contributed by atoms with van der Waals surface area (Å²) >= 11 is 0. The lowest BCUT2D eigenvalue weighted by Crippen LogP contribution is -2.05. The van der Waals surface area contributed by atoms with E-state index >= 15 is 0 Å². The van der Waals surface area contributed by atoms with Crippen molar-refractivity contribution in [2.45, 2.75) is 27.7 Å². The van der Waals surface area contributed by atoms with Gasteiger partial charge in [0.15, 0.2) is 5.78 Å². The van der Waals surface area contributed by atoms with Gasteiger partial charge in [0, 0.05) is 11.3 Å². The molecule has 0 aliphatic carbocycles. The van der Waals surface area contributed by atoms with Gasteiger partial charge in [-0.1, -0.05) is 30.3 Å². The Morgan fingerprint density at radius 2 is 1.88 bits per heavy atom. The van der Waals surface area contributed by atoms with E-state index in [0.717, 1.165) is 33.7 Å². The predicted molar refractivity (Wildman–Crippen MR) is 96.0 cm³/mol. The van der Waals surface area contributed by atoms with E-state index in [9.17, 15) is 4.79 Å². The van der Waals surface area contributed by atoms with Crippen LogP contribution in [0.15, 0.2) is 48.2 Å². The topological polar surface area (TPSA) is 59.3 Å². The van der Waals surface area contributed by atoms with Crippen molar-refractivity contribution in [3.05, 3.63) is 59.4 Å². The highest BCUT2D eigenvalue weighted by Crippen LogP contribution is 2.29. The van der Waals surface area contributed by atoms with Gasteiger partial charge in [0.2, 0.25) is 5.95 Å². The summed E-state index contributed by atoms with van der Waals surface area (Å²) in [4.78, 5) is 16.0. The first-order valence-electron chi connectivity index (χ1n) is 7.84. The maximum atomic E-state index is 11.3. The van der Waals surface area contributed by atoms with E-state index in [1.54, 1.807) is 6.08 Å². The quantitative estimate of drug-likeness (QED) is 0.740. The molecule has 0 unspecified atom stereocenters. The largest absolute Gasteiger partial charge is 0.328 e. The van der Waals surface area contributed by atoms with Crippen molar-refractivity contribution in [3.63, 3.8) is 0 Å². The van der Waals surface area contributed by atoms with Crippen LogP contribution in [0.25, 0.3) is 16.8 Å². The normalized spacial score (nSPS) is 11.8. The maximum Gasteiger partial charge on any atom is 0.229 e. The fourth-order valence-corrected chi connectivity index (χ4v) is 2.83. The number of benzene rings is 1. The molecule has 0 atom stereocenters. The Morgan fingerprint density at radius 1 is 1.17 bits per heavy atom. The smallest absolute Gasteiger partial charge is 0.229 e. The number of nitrogens with one attached hydrogen (secondary N) is 1. The third-order valence-electron chi connectivity index (χ3n) is 3.69. The van der Waals surface area contributed by atoms with Crippen molar-refractivity contribution >= 4 is 17.2 Å². The van der Waals surface area contributed by atoms with Crippen LogP contribution in [0.1, 0.15) is 25.1 Å². The van der Waals surface area contributed by atoms with E-state index in [0.29, 0.717) is 5.95 Å². The molecule has 0 amide bonds. The molecule has 122 valence electrons. The van der Waals surface area contributed by atoms with Gasteiger partial charge in [0.1, 0.15) is 5.69 Å². The van der Waals surface area contributed by atoms with Gasteiger partial charge < -0.3 is 5.32 Å². The van der Waals surface area contributed by atoms with E-state index in [2.05, 4.69) is 17.3 Å². The van der Waals surface area contributed by atoms with Crippen molar-refractivity contribution < 1.29 is 4.79 Å². The Labute approximate surface area is 141 Å². The SMILES string of the molecule is CC(=O)/C=C(\C)Nc1nc(-c2ccccc2)c2c(C)cc(C)nn12. The number of imidazole rings is 1. The molecule has 0 saturated carbocycles. The summed E-state index contributed by atoms with van der Waals surface area (Å²) in [5.74, 6) is 0.593. The van der Waals surface area contributed by atoms with E-state index < -0.39 is 0 Å². The summed E-state index contributed by atoms with van der Waals surface area (Å²) < 4.78 is 1.81. The number of aryl methyl sites for hydroxylation is 2. The Kier molecular flexibility index (Phi) is 4.16. The fraction of sp³-hybridized carbons (Fsp3) is 0.211. The second kappa shape index (κ2) is 6.28. The number of hydrogen-bond donors (Lipinski definition) is 1. The van der Waals surface area contributed by atoms with Crippen LogP contribution in [-0.4, -0.2) is 20.4 Å². The zero-order valence-electron chi connectivity index (χ0n) is 14.3. The van der Waals surface area contributed by atoms with Crippen molar-refractivity contribution in [2.75, 3.05) is 5.32 Å². The molecule has 0 aliphatic rings. The lowest BCUT2D eigenvalue weighted by Gasteiger charge is -2.06. The van der Waals surface area contributed by atoms with Gasteiger partial charge in [0.05, 0.1) is 11.2 Å². The second-order valence-electron chi connectivity index (χ2n) is 5.94. The zero-order valence-corrected chi connectivity index (χ0v) is 14.3. The predicted octanol–water partition coefficient (Wildman–Crippen LogP) is 3.92. The Balaban J connectivity index is 2.22. The average molecular weight is 320 g/mol. The molecule has 2 aromatic heterocycles. The number of ketones is 1. The Bertz CT molecular complexity index is 939. The van der Waals surface area contributed by atoms with Crippen LogP contribution in [-0.2, 0) is 4.79 Å². The fourth-order valence-electron chi connectivity index (χ4n) is 2.83. The molecule has 1 aromatic carbocycles. The number of nitrogens with zero attached hydrogens (tertiary/aromatic N) is 3. The van der Waals surface area contributed by atoms with Gasteiger partial charge in [-0.3, -0.25) is 4.79 Å². The average Bonchev–Trinajstić information content (AvgIpc) is 2.86. The molecular weight excluding hydrogens is 300 g/mol. The van der Waals surface area contributed by atoms with Crippen LogP contribution in [0.2, 0.25) is 0 Å². The summed E-state index contributed by atoms with van der Waals surface area (Å²) in [6.45, 7) is 7.38. The van der Waals surface area contributed by atoms with Gasteiger partial charge in [-0.05, 0) is 45.4 Å². The van der Waals surface area contributed by atoms with E-state index in [4.69, 9.17) is 4.98 Å². The molecule has 0 spiro atoms. The van der Waals surface area contributed by atoms with E-state index in [1.165, 1.54) is 6.92 Å². The third kappa shape index (κ3) is 3.06. The number of carbonyl (C=O) groups excluding carboxylic acids is 1. The summed E-state index contributed by atoms with van der Waals surface area (Å²) in [6.07, 6.45) is 1.55. The lowest BCUT2D eigenvalue weighted by atomic mass is 10.1. The molecular formula is C19H20N4O. The van der Waals surface area contributed by atoms with Gasteiger partial charge in [-0.15, -0.1) is 0 Å². The number of carbonyl (C=O) groups is 1. The van der Waals surface area contributed by atoms with Crippen LogP contribution >= 0.6 is 0 Å². The molecule has 0 fully saturated rings. The van der Waals surface area contributed by atoms with Crippen molar-refractivity contribution in [3.8, 4) is 11.3 Å². The van der Waals surface area contributed by atoms with Crippen LogP contribution in [0.5, 0.6) is 0 Å². The van der Waals surface area contributed by atoms with E-state index in [1.807, 2.05) is 54.8 Å². The highest BCUT2D eigenvalue weighted by Gasteiger charge is 2.16. The van der Waals surface area contributed by atoms with Crippen molar-refractivity contribution in [2.24, 2.45) is 0 Å². The van der Waals surface area contributed by atoms with Gasteiger partial charge in [-0.25, -0.2) is 4.98 Å². The number of anilines is 1. The molecule has 0 radical (unpaired) electrons. The molecule has 5 heteroatoms. The molecule has 0 bridgehead atoms. The number of hydrogen-bond acceptors (Lipinski definition) is 4. The molecule has 24 heavy (non-hydrogen) atoms. The van der Waals surface area contributed by atoms with Crippen LogP contribution < -0.4 is 5.32 Å². The van der Waals surface area contributed by atoms with Gasteiger partial charge in [-0.2, -0.15) is 9.61 Å². The number of rotatable bonds is 4. The summed E-state index contributed by atoms with van der Waals surface area (Å²) in [5.41, 5.74) is 5.62. The molecule has 0 saturated heterocycles. The Morgan fingerprint density at radius 3 is 2.54 bits per heavy atom. The first-order valence-corrected chi connectivity index (χ1v) is 7.84. The monoisotopic (exact) mass is 320 g/mol. The summed E-state index contributed by atoms with van der Waals surface area (Å²) in [7, 11) is 0. The summed E-state index contributed by atoms with van der Waals surface area (Å²) in [6, 6.07) is 12.1. The third-order valence-corrected chi connectivity index (χ3v) is 3.69. The highest BCUT2D eigenvalue weighted by molar-refractivity contribution is 5.88. The Hall–Kier alpha value is -2.95. The van der Waals surface area contributed by atoms with E-state index in [-0.39, 0.29) is 5.78 Å². The lowest BCUT2D eigenvalue weighted by molar-refractivity contribution is -0.112. The van der Waals surface area contributed by atoms with Crippen LogP contribution in [0, 0.1) is 13.8 Å². The van der Waals surface area contributed by atoms with Crippen molar-refractivity contribution in [1.82, 2.24) is 14.6 Å². The van der Waals surface area contributed by atoms with Gasteiger partial charge >= 0.3 is 0 Å². The molecule has 5 nitrogen and oxygen atoms in total. The maximum absolute atomic E-state index is 11.3. The van der Waals surface area contributed by atoms with Crippen LogP contribution in [0.3, 0.4) is 0 Å². The van der Waals surface area contributed by atoms with Crippen LogP contribution in [0.4, 0.5) is 5.95 Å². The molecule has 2 heterocycles. The second-order valence-corrected chi connectivity index (χ2v) is 5.94. The summed E-state index contributed by atoms with van der Waals surface area (Å²) in [5, 5.41) is 7.78.